The first kappa shape index (κ1) is 24.4. The largest absolute Gasteiger partial charge is 0.415 e. The third kappa shape index (κ3) is 4.87. The van der Waals surface area contributed by atoms with E-state index in [1.54, 1.807) is 60.7 Å². The van der Waals surface area contributed by atoms with Crippen LogP contribution < -0.4 is 4.57 Å². The molecular formula is C29H18F6N2. The van der Waals surface area contributed by atoms with Gasteiger partial charge in [0, 0.05) is 0 Å². The summed E-state index contributed by atoms with van der Waals surface area (Å²) in [7, 11) is 0. The third-order valence-corrected chi connectivity index (χ3v) is 5.83. The highest BCUT2D eigenvalue weighted by molar-refractivity contribution is 5.78. The maximum Gasteiger partial charge on any atom is 0.415 e. The van der Waals surface area contributed by atoms with Crippen molar-refractivity contribution in [2.45, 2.75) is 12.4 Å². The van der Waals surface area contributed by atoms with Crippen LogP contribution in [0.25, 0.3) is 33.9 Å². The number of rotatable bonds is 4. The molecule has 0 saturated carbocycles. The Hall–Kier alpha value is -4.33. The second-order valence-corrected chi connectivity index (χ2v) is 8.30. The van der Waals surface area contributed by atoms with Crippen LogP contribution in [0.2, 0.25) is 0 Å². The van der Waals surface area contributed by atoms with Gasteiger partial charge in [-0.2, -0.15) is 26.3 Å². The Balaban J connectivity index is 1.87. The number of alkyl halides is 6. The van der Waals surface area contributed by atoms with Gasteiger partial charge in [0.05, 0.1) is 33.9 Å². The Morgan fingerprint density at radius 3 is 1.70 bits per heavy atom. The van der Waals surface area contributed by atoms with Gasteiger partial charge in [0.25, 0.3) is 6.33 Å². The highest BCUT2D eigenvalue weighted by Gasteiger charge is 2.32. The topological polar surface area (TPSA) is 8.81 Å². The van der Waals surface area contributed by atoms with Crippen LogP contribution in [0, 0.1) is 6.33 Å². The minimum atomic E-state index is -4.57. The fourth-order valence-electron chi connectivity index (χ4n) is 4.15. The molecular weight excluding hydrogens is 490 g/mol. The lowest BCUT2D eigenvalue weighted by Crippen LogP contribution is -2.32. The minimum Gasteiger partial charge on any atom is -0.291 e. The molecule has 0 spiro atoms. The summed E-state index contributed by atoms with van der Waals surface area (Å²) < 4.78 is 84.2. The number of nitrogens with zero attached hydrogens (tertiary/aromatic N) is 2. The van der Waals surface area contributed by atoms with Crippen molar-refractivity contribution in [2.75, 3.05) is 0 Å². The molecule has 2 nitrogen and oxygen atoms in total. The van der Waals surface area contributed by atoms with E-state index in [0.717, 1.165) is 24.3 Å². The van der Waals surface area contributed by atoms with Gasteiger partial charge in [-0.05, 0) is 35.4 Å². The van der Waals surface area contributed by atoms with Crippen molar-refractivity contribution < 1.29 is 30.9 Å². The zero-order chi connectivity index (χ0) is 26.2. The maximum atomic E-state index is 13.5. The first-order valence-electron chi connectivity index (χ1n) is 11.2. The van der Waals surface area contributed by atoms with Crippen molar-refractivity contribution in [1.82, 2.24) is 4.57 Å². The number of benzene rings is 4. The lowest BCUT2D eigenvalue weighted by Gasteiger charge is -2.14. The van der Waals surface area contributed by atoms with Gasteiger partial charge in [-0.1, -0.05) is 84.9 Å². The van der Waals surface area contributed by atoms with Crippen LogP contribution in [0.5, 0.6) is 0 Å². The molecule has 0 atom stereocenters. The summed E-state index contributed by atoms with van der Waals surface area (Å²) in [5, 5.41) is 0. The Morgan fingerprint density at radius 1 is 0.568 bits per heavy atom. The summed E-state index contributed by atoms with van der Waals surface area (Å²) in [5.41, 5.74) is 0.887. The van der Waals surface area contributed by atoms with Crippen LogP contribution in [0.4, 0.5) is 26.3 Å². The van der Waals surface area contributed by atoms with E-state index >= 15 is 0 Å². The maximum absolute atomic E-state index is 13.5. The minimum absolute atomic E-state index is 0.164. The van der Waals surface area contributed by atoms with Crippen LogP contribution >= 0.6 is 0 Å². The summed E-state index contributed by atoms with van der Waals surface area (Å²) in [6, 6.07) is 27.4. The first-order valence-corrected chi connectivity index (χ1v) is 11.2. The van der Waals surface area contributed by atoms with Crippen LogP contribution in [0.1, 0.15) is 11.1 Å². The van der Waals surface area contributed by atoms with E-state index in [2.05, 4.69) is 6.33 Å². The van der Waals surface area contributed by atoms with Crippen LogP contribution in [-0.2, 0) is 12.4 Å². The summed E-state index contributed by atoms with van der Waals surface area (Å²) in [6.45, 7) is 0. The molecule has 0 saturated heterocycles. The predicted octanol–water partition coefficient (Wildman–Crippen LogP) is 7.93. The van der Waals surface area contributed by atoms with E-state index in [9.17, 15) is 26.3 Å². The lowest BCUT2D eigenvalue weighted by atomic mass is 10.0. The second kappa shape index (κ2) is 9.28. The van der Waals surface area contributed by atoms with Crippen molar-refractivity contribution in [1.29, 1.82) is 0 Å². The van der Waals surface area contributed by atoms with Gasteiger partial charge in [0.15, 0.2) is 0 Å². The zero-order valence-electron chi connectivity index (χ0n) is 19.1. The molecule has 186 valence electrons. The number of imidazole rings is 1. The fraction of sp³-hybridized carbons (Fsp3) is 0.0690. The van der Waals surface area contributed by atoms with Gasteiger partial charge in [-0.25, -0.2) is 0 Å². The van der Waals surface area contributed by atoms with E-state index in [4.69, 9.17) is 0 Å². The van der Waals surface area contributed by atoms with E-state index in [1.807, 2.05) is 0 Å². The number of aromatic nitrogens is 2. The van der Waals surface area contributed by atoms with E-state index < -0.39 is 23.5 Å². The van der Waals surface area contributed by atoms with Gasteiger partial charge in [0.1, 0.15) is 0 Å². The number of hydrogen-bond donors (Lipinski definition) is 0. The molecule has 0 N–H and O–H groups in total. The smallest absolute Gasteiger partial charge is 0.291 e. The second-order valence-electron chi connectivity index (χ2n) is 8.30. The number of halogens is 6. The average Bonchev–Trinajstić information content (AvgIpc) is 3.30. The van der Waals surface area contributed by atoms with E-state index in [0.29, 0.717) is 22.5 Å². The molecule has 4 aromatic carbocycles. The zero-order valence-corrected chi connectivity index (χ0v) is 19.1. The highest BCUT2D eigenvalue weighted by atomic mass is 19.4. The molecule has 5 rings (SSSR count). The van der Waals surface area contributed by atoms with Gasteiger partial charge < -0.3 is 0 Å². The average molecular weight is 508 g/mol. The molecule has 0 bridgehead atoms. The van der Waals surface area contributed by atoms with Crippen LogP contribution in [0.15, 0.2) is 109 Å². The summed E-state index contributed by atoms with van der Waals surface area (Å²) in [4.78, 5) is 0. The summed E-state index contributed by atoms with van der Waals surface area (Å²) >= 11 is 0. The molecule has 37 heavy (non-hydrogen) atoms. The van der Waals surface area contributed by atoms with E-state index in [1.165, 1.54) is 33.4 Å². The lowest BCUT2D eigenvalue weighted by molar-refractivity contribution is -0.587. The van der Waals surface area contributed by atoms with Crippen molar-refractivity contribution in [2.24, 2.45) is 0 Å². The third-order valence-electron chi connectivity index (χ3n) is 5.83. The molecule has 8 heteroatoms. The number of hydrogen-bond acceptors (Lipinski definition) is 0. The van der Waals surface area contributed by atoms with Crippen molar-refractivity contribution in [3.8, 4) is 33.9 Å². The van der Waals surface area contributed by atoms with Crippen molar-refractivity contribution in [3.63, 3.8) is 0 Å². The Labute approximate surface area is 208 Å². The van der Waals surface area contributed by atoms with E-state index in [-0.39, 0.29) is 11.4 Å². The molecule has 1 aromatic heterocycles. The molecule has 0 aliphatic rings. The standard InChI is InChI=1S/C29H18F6N2/c30-28(31,32)22-13-7-15-24(17-22)36-19-37(25-16-8-14-23(18-25)29(33,34)35)27(21-11-5-2-6-12-21)26(36)20-9-3-1-4-10-20/h1-18H. The molecule has 0 radical (unpaired) electrons. The first-order chi connectivity index (χ1) is 17.6. The van der Waals surface area contributed by atoms with Gasteiger partial charge in [-0.3, -0.25) is 9.13 Å². The van der Waals surface area contributed by atoms with Crippen LogP contribution in [0.3, 0.4) is 0 Å². The summed E-state index contributed by atoms with van der Waals surface area (Å²) in [6.07, 6.45) is -6.11. The fourth-order valence-corrected chi connectivity index (χ4v) is 4.15. The molecule has 1 heterocycles. The van der Waals surface area contributed by atoms with Gasteiger partial charge in [-0.15, -0.1) is 0 Å². The van der Waals surface area contributed by atoms with Gasteiger partial charge >= 0.3 is 12.4 Å². The predicted molar refractivity (Wildman–Crippen MR) is 127 cm³/mol. The van der Waals surface area contributed by atoms with Gasteiger partial charge in [0.2, 0.25) is 0 Å². The molecule has 0 aliphatic heterocycles. The van der Waals surface area contributed by atoms with Crippen molar-refractivity contribution >= 4 is 0 Å². The molecule has 0 aliphatic carbocycles. The summed E-state index contributed by atoms with van der Waals surface area (Å²) in [5.74, 6) is 0. The SMILES string of the molecule is FC(F)(F)c1cccc(-n2[c-][n+](-c3cccc(C(F)(F)F)c3)c(-c3ccccc3)c2-c2ccccc2)c1. The Kier molecular flexibility index (Phi) is 6.11. The Morgan fingerprint density at radius 2 is 1.11 bits per heavy atom. The van der Waals surface area contributed by atoms with Crippen molar-refractivity contribution in [3.05, 3.63) is 127 Å². The monoisotopic (exact) mass is 508 g/mol. The molecule has 0 fully saturated rings. The molecule has 0 unspecified atom stereocenters. The quantitative estimate of drug-likeness (QED) is 0.132. The van der Waals surface area contributed by atoms with Crippen LogP contribution in [-0.4, -0.2) is 4.57 Å². The Bertz CT molecular complexity index is 1420. The highest BCUT2D eigenvalue weighted by Crippen LogP contribution is 2.36. The molecule has 5 aromatic rings. The normalized spacial score (nSPS) is 12.1. The molecule has 0 amide bonds.